The van der Waals surface area contributed by atoms with E-state index in [1.165, 1.54) is 11.3 Å². The number of rotatable bonds is 5. The summed E-state index contributed by atoms with van der Waals surface area (Å²) in [7, 11) is 0. The van der Waals surface area contributed by atoms with E-state index in [0.717, 1.165) is 16.0 Å². The highest BCUT2D eigenvalue weighted by molar-refractivity contribution is 7.17. The lowest BCUT2D eigenvalue weighted by atomic mass is 10.0. The van der Waals surface area contributed by atoms with Gasteiger partial charge in [-0.25, -0.2) is 0 Å². The standard InChI is InChI=1S/C22H17N3O4S/c1-12-18(9-14-4-7-16-17(8-14)29-11-28-16)30-22(19(12)20(24)26)25-21(27)15-5-2-13(10-23)3-6-15/h2-8H,9,11H2,1H3,(H2,24,26)(H,25,27). The number of nitrogens with two attached hydrogens (primary N) is 1. The van der Waals surface area contributed by atoms with Crippen molar-refractivity contribution < 1.29 is 19.1 Å². The van der Waals surface area contributed by atoms with Gasteiger partial charge in [0.15, 0.2) is 11.5 Å². The average Bonchev–Trinajstić information content (AvgIpc) is 3.32. The van der Waals surface area contributed by atoms with Crippen molar-refractivity contribution in [1.82, 2.24) is 0 Å². The van der Waals surface area contributed by atoms with Crippen molar-refractivity contribution in [2.45, 2.75) is 13.3 Å². The molecule has 150 valence electrons. The van der Waals surface area contributed by atoms with E-state index in [1.54, 1.807) is 24.3 Å². The second-order valence-electron chi connectivity index (χ2n) is 6.73. The normalized spacial score (nSPS) is 11.7. The first kappa shape index (κ1) is 19.5. The first-order valence-electron chi connectivity index (χ1n) is 9.08. The monoisotopic (exact) mass is 419 g/mol. The molecule has 0 saturated carbocycles. The van der Waals surface area contributed by atoms with Gasteiger partial charge in [-0.2, -0.15) is 5.26 Å². The van der Waals surface area contributed by atoms with Crippen LogP contribution in [0.2, 0.25) is 0 Å². The summed E-state index contributed by atoms with van der Waals surface area (Å²) < 4.78 is 10.8. The summed E-state index contributed by atoms with van der Waals surface area (Å²) in [4.78, 5) is 25.6. The summed E-state index contributed by atoms with van der Waals surface area (Å²) in [6, 6.07) is 13.9. The van der Waals surface area contributed by atoms with Crippen LogP contribution in [0.5, 0.6) is 11.5 Å². The molecule has 1 aromatic heterocycles. The van der Waals surface area contributed by atoms with Crippen molar-refractivity contribution in [3.05, 3.63) is 75.2 Å². The van der Waals surface area contributed by atoms with Crippen molar-refractivity contribution in [3.8, 4) is 17.6 Å². The number of ether oxygens (including phenoxy) is 2. The molecular weight excluding hydrogens is 402 g/mol. The van der Waals surface area contributed by atoms with Crippen LogP contribution in [0, 0.1) is 18.3 Å². The van der Waals surface area contributed by atoms with E-state index in [0.29, 0.717) is 39.6 Å². The Balaban J connectivity index is 1.61. The quantitative estimate of drug-likeness (QED) is 0.656. The lowest BCUT2D eigenvalue weighted by Crippen LogP contribution is -2.17. The molecule has 0 fully saturated rings. The highest BCUT2D eigenvalue weighted by atomic mass is 32.1. The minimum absolute atomic E-state index is 0.203. The van der Waals surface area contributed by atoms with E-state index in [1.807, 2.05) is 31.2 Å². The van der Waals surface area contributed by atoms with Gasteiger partial charge in [-0.15, -0.1) is 11.3 Å². The van der Waals surface area contributed by atoms with Crippen LogP contribution in [0.15, 0.2) is 42.5 Å². The fourth-order valence-electron chi connectivity index (χ4n) is 3.22. The van der Waals surface area contributed by atoms with E-state index in [4.69, 9.17) is 20.5 Å². The molecule has 30 heavy (non-hydrogen) atoms. The number of fused-ring (bicyclic) bond motifs is 1. The highest BCUT2D eigenvalue weighted by Crippen LogP contribution is 2.37. The first-order valence-corrected chi connectivity index (χ1v) is 9.90. The molecule has 0 spiro atoms. The number of nitrogens with zero attached hydrogens (tertiary/aromatic N) is 1. The summed E-state index contributed by atoms with van der Waals surface area (Å²) in [6.07, 6.45) is 0.556. The van der Waals surface area contributed by atoms with E-state index in [2.05, 4.69) is 5.32 Å². The molecule has 7 nitrogen and oxygen atoms in total. The van der Waals surface area contributed by atoms with Gasteiger partial charge in [-0.3, -0.25) is 9.59 Å². The van der Waals surface area contributed by atoms with Gasteiger partial charge in [0.2, 0.25) is 6.79 Å². The second-order valence-corrected chi connectivity index (χ2v) is 7.83. The third-order valence-corrected chi connectivity index (χ3v) is 6.00. The molecule has 2 aromatic carbocycles. The fraction of sp³-hybridized carbons (Fsp3) is 0.136. The number of amides is 2. The van der Waals surface area contributed by atoms with Crippen LogP contribution < -0.4 is 20.5 Å². The Labute approximate surface area is 176 Å². The maximum atomic E-state index is 12.6. The van der Waals surface area contributed by atoms with Gasteiger partial charge < -0.3 is 20.5 Å². The maximum absolute atomic E-state index is 12.6. The van der Waals surface area contributed by atoms with Crippen molar-refractivity contribution in [2.24, 2.45) is 5.73 Å². The lowest BCUT2D eigenvalue weighted by Gasteiger charge is -2.05. The zero-order chi connectivity index (χ0) is 21.3. The van der Waals surface area contributed by atoms with E-state index < -0.39 is 5.91 Å². The molecular formula is C22H17N3O4S. The highest BCUT2D eigenvalue weighted by Gasteiger charge is 2.22. The smallest absolute Gasteiger partial charge is 0.256 e. The van der Waals surface area contributed by atoms with Crippen LogP contribution in [0.25, 0.3) is 0 Å². The number of carbonyl (C=O) groups excluding carboxylic acids is 2. The molecule has 1 aliphatic rings. The molecule has 0 radical (unpaired) electrons. The molecule has 4 rings (SSSR count). The van der Waals surface area contributed by atoms with Gasteiger partial charge in [0.25, 0.3) is 11.8 Å². The van der Waals surface area contributed by atoms with E-state index in [-0.39, 0.29) is 12.7 Å². The summed E-state index contributed by atoms with van der Waals surface area (Å²) >= 11 is 1.32. The number of hydrogen-bond acceptors (Lipinski definition) is 6. The van der Waals surface area contributed by atoms with E-state index in [9.17, 15) is 9.59 Å². The Kier molecular flexibility index (Phi) is 5.12. The van der Waals surface area contributed by atoms with E-state index >= 15 is 0 Å². The molecule has 3 N–H and O–H groups in total. The zero-order valence-corrected chi connectivity index (χ0v) is 16.8. The van der Waals surface area contributed by atoms with Crippen molar-refractivity contribution in [1.29, 1.82) is 5.26 Å². The van der Waals surface area contributed by atoms with Crippen LogP contribution in [0.3, 0.4) is 0 Å². The maximum Gasteiger partial charge on any atom is 0.256 e. The van der Waals surface area contributed by atoms with Crippen molar-refractivity contribution in [3.63, 3.8) is 0 Å². The summed E-state index contributed by atoms with van der Waals surface area (Å²) in [5, 5.41) is 12.1. The number of benzene rings is 2. The lowest BCUT2D eigenvalue weighted by molar-refractivity contribution is 0.100. The van der Waals surface area contributed by atoms with Gasteiger partial charge in [-0.1, -0.05) is 6.07 Å². The number of hydrogen-bond donors (Lipinski definition) is 2. The molecule has 1 aliphatic heterocycles. The Bertz CT molecular complexity index is 1190. The third-order valence-electron chi connectivity index (χ3n) is 4.80. The van der Waals surface area contributed by atoms with Gasteiger partial charge in [-0.05, 0) is 54.4 Å². The molecule has 2 amide bonds. The van der Waals surface area contributed by atoms with Crippen molar-refractivity contribution in [2.75, 3.05) is 12.1 Å². The topological polar surface area (TPSA) is 114 Å². The van der Waals surface area contributed by atoms with Crippen LogP contribution in [0.4, 0.5) is 5.00 Å². The van der Waals surface area contributed by atoms with Crippen LogP contribution in [-0.4, -0.2) is 18.6 Å². The molecule has 0 saturated heterocycles. The number of thiophene rings is 1. The average molecular weight is 419 g/mol. The van der Waals surface area contributed by atoms with Gasteiger partial charge in [0.05, 0.1) is 17.2 Å². The first-order chi connectivity index (χ1) is 14.5. The Hall–Kier alpha value is -3.83. The number of carbonyl (C=O) groups is 2. The van der Waals surface area contributed by atoms with Gasteiger partial charge in [0, 0.05) is 16.9 Å². The Morgan fingerprint density at radius 3 is 2.60 bits per heavy atom. The number of primary amides is 1. The number of anilines is 1. The summed E-state index contributed by atoms with van der Waals surface area (Å²) in [5.41, 5.74) is 8.46. The predicted molar refractivity (Wildman–Crippen MR) is 112 cm³/mol. The minimum atomic E-state index is -0.601. The van der Waals surface area contributed by atoms with Crippen LogP contribution >= 0.6 is 11.3 Å². The minimum Gasteiger partial charge on any atom is -0.454 e. The zero-order valence-electron chi connectivity index (χ0n) is 16.0. The summed E-state index contributed by atoms with van der Waals surface area (Å²) in [6.45, 7) is 2.02. The second kappa shape index (κ2) is 7.89. The van der Waals surface area contributed by atoms with Crippen LogP contribution in [-0.2, 0) is 6.42 Å². The molecule has 0 atom stereocenters. The molecule has 2 heterocycles. The largest absolute Gasteiger partial charge is 0.454 e. The fourth-order valence-corrected chi connectivity index (χ4v) is 4.46. The molecule has 0 bridgehead atoms. The third kappa shape index (κ3) is 3.71. The van der Waals surface area contributed by atoms with Gasteiger partial charge in [0.1, 0.15) is 5.00 Å². The van der Waals surface area contributed by atoms with Gasteiger partial charge >= 0.3 is 0 Å². The Morgan fingerprint density at radius 2 is 1.90 bits per heavy atom. The SMILES string of the molecule is Cc1c(Cc2ccc3c(c2)OCO3)sc(NC(=O)c2ccc(C#N)cc2)c1C(N)=O. The number of nitrogens with one attached hydrogen (secondary N) is 1. The predicted octanol–water partition coefficient (Wildman–Crippen LogP) is 3.60. The number of nitriles is 1. The molecule has 3 aromatic rings. The van der Waals surface area contributed by atoms with Crippen molar-refractivity contribution >= 4 is 28.2 Å². The molecule has 0 aliphatic carbocycles. The molecule has 0 unspecified atom stereocenters. The summed E-state index contributed by atoms with van der Waals surface area (Å²) in [5.74, 6) is 0.412. The Morgan fingerprint density at radius 1 is 1.17 bits per heavy atom. The van der Waals surface area contributed by atoms with Crippen LogP contribution in [0.1, 0.15) is 42.3 Å². The molecule has 8 heteroatoms.